The fraction of sp³-hybridized carbons (Fsp3) is 0.417. The number of nitrogens with one attached hydrogen (secondary N) is 1. The largest absolute Gasteiger partial charge is 0.462 e. The molecule has 0 aromatic carbocycles. The van der Waals surface area contributed by atoms with E-state index >= 15 is 0 Å². The summed E-state index contributed by atoms with van der Waals surface area (Å²) < 4.78 is 4.03. The Bertz CT molecular complexity index is 438. The summed E-state index contributed by atoms with van der Waals surface area (Å²) in [7, 11) is 0. The molecule has 0 unspecified atom stereocenters. The fourth-order valence-corrected chi connectivity index (χ4v) is 1.13. The number of nitrogens with zero attached hydrogens (tertiary/aromatic N) is 1. The number of rotatable bonds is 4. The Balaban J connectivity index is 2.72. The first-order chi connectivity index (χ1) is 8.34. The number of carbonyl (C=O) groups is 2. The highest BCUT2D eigenvalue weighted by Gasteiger charge is 2.22. The van der Waals surface area contributed by atoms with Crippen molar-refractivity contribution >= 4 is 30.3 Å². The van der Waals surface area contributed by atoms with E-state index in [1.54, 1.807) is 32.9 Å². The van der Waals surface area contributed by atoms with Gasteiger partial charge in [0.25, 0.3) is 0 Å². The smallest absolute Gasteiger partial charge is 0.339 e. The van der Waals surface area contributed by atoms with Crippen molar-refractivity contribution in [3.05, 3.63) is 23.9 Å². The molecule has 0 atom stereocenters. The van der Waals surface area contributed by atoms with E-state index in [-0.39, 0.29) is 5.91 Å². The molecule has 1 amide bonds. The number of aromatic nitrogens is 1. The molecular weight excluding hydrogens is 252 g/mol. The van der Waals surface area contributed by atoms with Crippen molar-refractivity contribution in [1.82, 2.24) is 4.98 Å². The van der Waals surface area contributed by atoms with E-state index in [0.717, 1.165) is 0 Å². The normalized spacial score (nSPS) is 10.9. The van der Waals surface area contributed by atoms with Crippen molar-refractivity contribution in [2.24, 2.45) is 0 Å². The lowest BCUT2D eigenvalue weighted by molar-refractivity contribution is -0.117. The van der Waals surface area contributed by atoms with Crippen LogP contribution in [0.5, 0.6) is 0 Å². The summed E-state index contributed by atoms with van der Waals surface area (Å²) in [4.78, 5) is 27.0. The van der Waals surface area contributed by atoms with Crippen LogP contribution in [0.1, 0.15) is 31.1 Å². The monoisotopic (exact) mass is 268 g/mol. The molecule has 1 N–H and O–H groups in total. The molecule has 0 aliphatic rings. The minimum absolute atomic E-state index is 0.262. The van der Waals surface area contributed by atoms with Crippen LogP contribution in [0.3, 0.4) is 0 Å². The third-order valence-electron chi connectivity index (χ3n) is 2.07. The predicted molar refractivity (Wildman–Crippen MR) is 71.9 cm³/mol. The van der Waals surface area contributed by atoms with Crippen molar-refractivity contribution in [1.29, 1.82) is 0 Å². The summed E-state index contributed by atoms with van der Waals surface area (Å²) in [6, 6.07) is 3.09. The quantitative estimate of drug-likeness (QED) is 0.646. The minimum atomic E-state index is -0.790. The van der Waals surface area contributed by atoms with Crippen LogP contribution in [0.4, 0.5) is 5.82 Å². The van der Waals surface area contributed by atoms with Crippen molar-refractivity contribution < 1.29 is 14.3 Å². The fourth-order valence-electron chi connectivity index (χ4n) is 1.07. The van der Waals surface area contributed by atoms with E-state index < -0.39 is 10.7 Å². The van der Waals surface area contributed by atoms with Gasteiger partial charge in [0, 0.05) is 6.20 Å². The molecule has 0 saturated carbocycles. The maximum Gasteiger partial charge on any atom is 0.339 e. The van der Waals surface area contributed by atoms with Gasteiger partial charge >= 0.3 is 5.97 Å². The molecule has 0 spiro atoms. The van der Waals surface area contributed by atoms with Gasteiger partial charge in [-0.3, -0.25) is 4.79 Å². The van der Waals surface area contributed by atoms with Gasteiger partial charge in [-0.25, -0.2) is 9.78 Å². The van der Waals surface area contributed by atoms with Crippen LogP contribution in [0.2, 0.25) is 0 Å². The molecule has 1 aromatic rings. The third kappa shape index (κ3) is 4.03. The van der Waals surface area contributed by atoms with Crippen LogP contribution in [0, 0.1) is 0 Å². The van der Waals surface area contributed by atoms with Crippen LogP contribution in [-0.4, -0.2) is 28.2 Å². The maximum absolute atomic E-state index is 11.6. The van der Waals surface area contributed by atoms with E-state index in [1.165, 1.54) is 6.20 Å². The van der Waals surface area contributed by atoms with E-state index in [9.17, 15) is 9.59 Å². The Morgan fingerprint density at radius 2 is 2.11 bits per heavy atom. The Labute approximate surface area is 111 Å². The van der Waals surface area contributed by atoms with Gasteiger partial charge in [-0.05, 0) is 32.9 Å². The van der Waals surface area contributed by atoms with Gasteiger partial charge in [0.1, 0.15) is 5.82 Å². The first kappa shape index (κ1) is 14.5. The van der Waals surface area contributed by atoms with Gasteiger partial charge < -0.3 is 10.1 Å². The zero-order chi connectivity index (χ0) is 13.8. The molecule has 0 fully saturated rings. The number of pyridine rings is 1. The summed E-state index contributed by atoms with van der Waals surface area (Å²) >= 11 is 4.15. The summed E-state index contributed by atoms with van der Waals surface area (Å²) in [5, 5.41) is 2.60. The van der Waals surface area contributed by atoms with E-state index in [4.69, 9.17) is 4.74 Å². The van der Waals surface area contributed by atoms with Crippen LogP contribution in [-0.2, 0) is 9.53 Å². The second-order valence-corrected chi connectivity index (χ2v) is 5.28. The molecule has 0 radical (unpaired) electrons. The molecule has 18 heavy (non-hydrogen) atoms. The first-order valence-corrected chi connectivity index (χ1v) is 5.96. The van der Waals surface area contributed by atoms with Gasteiger partial charge in [-0.15, -0.1) is 0 Å². The summed E-state index contributed by atoms with van der Waals surface area (Å²) in [6.45, 7) is 5.40. The molecule has 5 nitrogen and oxygen atoms in total. The summed E-state index contributed by atoms with van der Waals surface area (Å²) in [5.74, 6) is -0.324. The van der Waals surface area contributed by atoms with Crippen molar-refractivity contribution in [2.75, 3.05) is 11.9 Å². The van der Waals surface area contributed by atoms with Gasteiger partial charge in [0.2, 0.25) is 5.91 Å². The Morgan fingerprint density at radius 1 is 1.44 bits per heavy atom. The molecule has 1 aromatic heterocycles. The highest BCUT2D eigenvalue weighted by atomic mass is 32.1. The molecule has 1 heterocycles. The summed E-state index contributed by atoms with van der Waals surface area (Å²) in [6.07, 6.45) is 1.36. The summed E-state index contributed by atoms with van der Waals surface area (Å²) in [5.41, 5.74) is 0.347. The van der Waals surface area contributed by atoms with Gasteiger partial charge in [-0.2, -0.15) is 12.6 Å². The van der Waals surface area contributed by atoms with E-state index in [1.807, 2.05) is 0 Å². The molecule has 0 saturated heterocycles. The van der Waals surface area contributed by atoms with E-state index in [0.29, 0.717) is 18.0 Å². The number of hydrogen-bond donors (Lipinski definition) is 2. The zero-order valence-corrected chi connectivity index (χ0v) is 11.5. The standard InChI is InChI=1S/C12H16N2O3S/c1-4-17-10(15)8-5-6-9(13-7-8)14-11(16)12(2,3)18/h5-7,18H,4H2,1-3H3,(H,13,14,16). The van der Waals surface area contributed by atoms with Crippen LogP contribution >= 0.6 is 12.6 Å². The molecular formula is C12H16N2O3S. The lowest BCUT2D eigenvalue weighted by atomic mass is 10.2. The number of amides is 1. The molecule has 0 aliphatic carbocycles. The molecule has 0 bridgehead atoms. The highest BCUT2D eigenvalue weighted by Crippen LogP contribution is 2.15. The van der Waals surface area contributed by atoms with Crippen molar-refractivity contribution in [3.63, 3.8) is 0 Å². The van der Waals surface area contributed by atoms with Crippen LogP contribution in [0.15, 0.2) is 18.3 Å². The van der Waals surface area contributed by atoms with Crippen LogP contribution in [0.25, 0.3) is 0 Å². The maximum atomic E-state index is 11.6. The highest BCUT2D eigenvalue weighted by molar-refractivity contribution is 7.82. The molecule has 1 rings (SSSR count). The topological polar surface area (TPSA) is 68.3 Å². The average Bonchev–Trinajstić information content (AvgIpc) is 2.29. The van der Waals surface area contributed by atoms with Gasteiger partial charge in [0.15, 0.2) is 0 Å². The predicted octanol–water partition coefficient (Wildman–Crippen LogP) is 1.91. The Hall–Kier alpha value is -1.56. The SMILES string of the molecule is CCOC(=O)c1ccc(NC(=O)C(C)(C)S)nc1. The lowest BCUT2D eigenvalue weighted by Gasteiger charge is -2.16. The number of esters is 1. The number of thiol groups is 1. The van der Waals surface area contributed by atoms with Crippen molar-refractivity contribution in [3.8, 4) is 0 Å². The Morgan fingerprint density at radius 3 is 2.56 bits per heavy atom. The second kappa shape index (κ2) is 5.86. The van der Waals surface area contributed by atoms with Crippen molar-refractivity contribution in [2.45, 2.75) is 25.5 Å². The second-order valence-electron chi connectivity index (χ2n) is 4.17. The van der Waals surface area contributed by atoms with Crippen LogP contribution < -0.4 is 5.32 Å². The first-order valence-electron chi connectivity index (χ1n) is 5.51. The lowest BCUT2D eigenvalue weighted by Crippen LogP contribution is -2.31. The van der Waals surface area contributed by atoms with E-state index in [2.05, 4.69) is 22.9 Å². The molecule has 98 valence electrons. The third-order valence-corrected chi connectivity index (χ3v) is 2.27. The zero-order valence-electron chi connectivity index (χ0n) is 10.6. The number of hydrogen-bond acceptors (Lipinski definition) is 5. The average molecular weight is 268 g/mol. The van der Waals surface area contributed by atoms with Gasteiger partial charge in [0.05, 0.1) is 16.9 Å². The molecule has 6 heteroatoms. The number of carbonyl (C=O) groups excluding carboxylic acids is 2. The Kier molecular flexibility index (Phi) is 4.72. The minimum Gasteiger partial charge on any atom is -0.462 e. The van der Waals surface area contributed by atoms with Gasteiger partial charge in [-0.1, -0.05) is 0 Å². The molecule has 0 aliphatic heterocycles. The number of ether oxygens (including phenoxy) is 1. The number of anilines is 1.